The molecular formula is C20H26N2O6S2. The highest BCUT2D eigenvalue weighted by molar-refractivity contribution is 7.89. The van der Waals surface area contributed by atoms with Crippen LogP contribution >= 0.6 is 0 Å². The highest BCUT2D eigenvalue weighted by atomic mass is 32.2. The molecule has 0 radical (unpaired) electrons. The van der Waals surface area contributed by atoms with Crippen molar-refractivity contribution >= 4 is 20.0 Å². The summed E-state index contributed by atoms with van der Waals surface area (Å²) in [5.41, 5.74) is 0. The number of benzene rings is 2. The Kier molecular flexibility index (Phi) is 7.27. The Morgan fingerprint density at radius 1 is 0.700 bits per heavy atom. The van der Waals surface area contributed by atoms with Crippen molar-refractivity contribution < 1.29 is 26.3 Å². The normalized spacial score (nSPS) is 21.5. The molecule has 0 saturated carbocycles. The SMILES string of the molecule is CCO[C@@H]1[C@H](OCC)N(S(=O)(=O)c2ccccc2)CCN1S(=O)(=O)c1ccccc1. The number of ether oxygens (including phenoxy) is 2. The molecular weight excluding hydrogens is 428 g/mol. The molecule has 164 valence electrons. The number of piperazine rings is 1. The summed E-state index contributed by atoms with van der Waals surface area (Å²) < 4.78 is 66.9. The van der Waals surface area contributed by atoms with Gasteiger partial charge < -0.3 is 9.47 Å². The zero-order valence-electron chi connectivity index (χ0n) is 16.9. The smallest absolute Gasteiger partial charge is 0.245 e. The first-order chi connectivity index (χ1) is 14.3. The largest absolute Gasteiger partial charge is 0.358 e. The average molecular weight is 455 g/mol. The summed E-state index contributed by atoms with van der Waals surface area (Å²) in [6.07, 6.45) is -2.24. The van der Waals surface area contributed by atoms with Crippen LogP contribution in [0.3, 0.4) is 0 Å². The van der Waals surface area contributed by atoms with Gasteiger partial charge in [0.15, 0.2) is 12.5 Å². The van der Waals surface area contributed by atoms with Crippen molar-refractivity contribution in [2.45, 2.75) is 36.1 Å². The molecule has 10 heteroatoms. The van der Waals surface area contributed by atoms with Gasteiger partial charge in [0.25, 0.3) is 0 Å². The number of hydrogen-bond donors (Lipinski definition) is 0. The van der Waals surface area contributed by atoms with Gasteiger partial charge in [-0.15, -0.1) is 0 Å². The van der Waals surface area contributed by atoms with E-state index in [0.717, 1.165) is 0 Å². The van der Waals surface area contributed by atoms with E-state index in [2.05, 4.69) is 0 Å². The van der Waals surface area contributed by atoms with E-state index < -0.39 is 32.5 Å². The van der Waals surface area contributed by atoms with E-state index in [-0.39, 0.29) is 36.1 Å². The van der Waals surface area contributed by atoms with Gasteiger partial charge in [0.1, 0.15) is 0 Å². The molecule has 0 amide bonds. The lowest BCUT2D eigenvalue weighted by Crippen LogP contribution is -2.63. The van der Waals surface area contributed by atoms with Crippen molar-refractivity contribution in [1.82, 2.24) is 8.61 Å². The summed E-state index contributed by atoms with van der Waals surface area (Å²) >= 11 is 0. The summed E-state index contributed by atoms with van der Waals surface area (Å²) in [5, 5.41) is 0. The number of sulfonamides is 2. The van der Waals surface area contributed by atoms with Crippen molar-refractivity contribution in [3.63, 3.8) is 0 Å². The van der Waals surface area contributed by atoms with Gasteiger partial charge in [-0.2, -0.15) is 8.61 Å². The lowest BCUT2D eigenvalue weighted by atomic mass is 10.3. The molecule has 1 aliphatic rings. The molecule has 1 heterocycles. The van der Waals surface area contributed by atoms with Gasteiger partial charge in [0, 0.05) is 26.3 Å². The Labute approximate surface area is 178 Å². The van der Waals surface area contributed by atoms with E-state index in [9.17, 15) is 16.8 Å². The molecule has 0 aliphatic carbocycles. The molecule has 0 unspecified atom stereocenters. The molecule has 3 rings (SSSR count). The fraction of sp³-hybridized carbons (Fsp3) is 0.400. The van der Waals surface area contributed by atoms with E-state index in [1.807, 2.05) is 0 Å². The molecule has 0 bridgehead atoms. The van der Waals surface area contributed by atoms with Gasteiger partial charge in [-0.05, 0) is 38.1 Å². The van der Waals surface area contributed by atoms with Gasteiger partial charge in [0.2, 0.25) is 20.0 Å². The first-order valence-electron chi connectivity index (χ1n) is 9.71. The molecule has 30 heavy (non-hydrogen) atoms. The van der Waals surface area contributed by atoms with E-state index in [4.69, 9.17) is 9.47 Å². The van der Waals surface area contributed by atoms with Crippen LogP contribution < -0.4 is 0 Å². The van der Waals surface area contributed by atoms with Crippen LogP contribution in [0.5, 0.6) is 0 Å². The summed E-state index contributed by atoms with van der Waals surface area (Å²) in [4.78, 5) is 0.230. The third-order valence-corrected chi connectivity index (χ3v) is 8.48. The summed E-state index contributed by atoms with van der Waals surface area (Å²) in [5.74, 6) is 0. The molecule has 0 N–H and O–H groups in total. The van der Waals surface area contributed by atoms with Crippen LogP contribution in [0, 0.1) is 0 Å². The second kappa shape index (κ2) is 9.54. The van der Waals surface area contributed by atoms with Crippen molar-refractivity contribution in [3.05, 3.63) is 60.7 Å². The molecule has 1 aliphatic heterocycles. The average Bonchev–Trinajstić information content (AvgIpc) is 2.76. The number of hydrogen-bond acceptors (Lipinski definition) is 6. The zero-order chi connectivity index (χ0) is 21.8. The lowest BCUT2D eigenvalue weighted by Gasteiger charge is -2.44. The first-order valence-corrected chi connectivity index (χ1v) is 12.6. The Balaban J connectivity index is 2.02. The van der Waals surface area contributed by atoms with E-state index in [1.54, 1.807) is 50.2 Å². The molecule has 0 spiro atoms. The molecule has 0 aromatic heterocycles. The van der Waals surface area contributed by atoms with Crippen molar-refractivity contribution in [1.29, 1.82) is 0 Å². The predicted molar refractivity (Wildman–Crippen MR) is 111 cm³/mol. The van der Waals surface area contributed by atoms with Gasteiger partial charge in [0.05, 0.1) is 9.79 Å². The quantitative estimate of drug-likeness (QED) is 0.607. The van der Waals surface area contributed by atoms with Gasteiger partial charge in [-0.3, -0.25) is 0 Å². The molecule has 8 nitrogen and oxygen atoms in total. The van der Waals surface area contributed by atoms with Gasteiger partial charge >= 0.3 is 0 Å². The minimum absolute atomic E-state index is 0.0580. The Bertz CT molecular complexity index is 944. The standard InChI is InChI=1S/C20H26N2O6S2/c1-3-27-19-20(28-4-2)22(30(25,26)18-13-9-6-10-14-18)16-15-21(19)29(23,24)17-11-7-5-8-12-17/h5-14,19-20H,3-4,15-16H2,1-2H3/t19-,20+. The van der Waals surface area contributed by atoms with Crippen molar-refractivity contribution in [3.8, 4) is 0 Å². The van der Waals surface area contributed by atoms with E-state index in [0.29, 0.717) is 0 Å². The van der Waals surface area contributed by atoms with Gasteiger partial charge in [-0.25, -0.2) is 16.8 Å². The fourth-order valence-electron chi connectivity index (χ4n) is 3.38. The molecule has 1 saturated heterocycles. The first kappa shape index (κ1) is 22.9. The summed E-state index contributed by atoms with van der Waals surface area (Å²) in [6, 6.07) is 16.0. The topological polar surface area (TPSA) is 93.2 Å². The van der Waals surface area contributed by atoms with Crippen molar-refractivity contribution in [2.24, 2.45) is 0 Å². The third-order valence-electron chi connectivity index (χ3n) is 4.73. The maximum atomic E-state index is 13.3. The molecule has 1 fully saturated rings. The van der Waals surface area contributed by atoms with Gasteiger partial charge in [-0.1, -0.05) is 36.4 Å². The van der Waals surface area contributed by atoms with Crippen LogP contribution in [0.25, 0.3) is 0 Å². The summed E-state index contributed by atoms with van der Waals surface area (Å²) in [7, 11) is -7.82. The minimum Gasteiger partial charge on any atom is -0.358 e. The highest BCUT2D eigenvalue weighted by Gasteiger charge is 2.48. The van der Waals surface area contributed by atoms with Crippen molar-refractivity contribution in [2.75, 3.05) is 26.3 Å². The Morgan fingerprint density at radius 2 is 1.03 bits per heavy atom. The van der Waals surface area contributed by atoms with Crippen LogP contribution in [-0.4, -0.2) is 64.2 Å². The predicted octanol–water partition coefficient (Wildman–Crippen LogP) is 2.11. The van der Waals surface area contributed by atoms with Crippen LogP contribution in [0.2, 0.25) is 0 Å². The zero-order valence-corrected chi connectivity index (χ0v) is 18.6. The highest BCUT2D eigenvalue weighted by Crippen LogP contribution is 2.30. The second-order valence-electron chi connectivity index (χ2n) is 6.55. The molecule has 2 aromatic carbocycles. The summed E-state index contributed by atoms with van der Waals surface area (Å²) in [6.45, 7) is 3.71. The Hall–Kier alpha value is -1.82. The molecule has 2 aromatic rings. The maximum Gasteiger partial charge on any atom is 0.245 e. The lowest BCUT2D eigenvalue weighted by molar-refractivity contribution is -0.173. The van der Waals surface area contributed by atoms with Crippen LogP contribution in [0.1, 0.15) is 13.8 Å². The molecule has 2 atom stereocenters. The van der Waals surface area contributed by atoms with Crippen LogP contribution in [0.15, 0.2) is 70.5 Å². The van der Waals surface area contributed by atoms with E-state index in [1.165, 1.54) is 32.9 Å². The monoisotopic (exact) mass is 454 g/mol. The third kappa shape index (κ3) is 4.43. The van der Waals surface area contributed by atoms with Crippen LogP contribution in [0.4, 0.5) is 0 Å². The Morgan fingerprint density at radius 3 is 1.33 bits per heavy atom. The fourth-order valence-corrected chi connectivity index (χ4v) is 6.44. The second-order valence-corrected chi connectivity index (χ2v) is 10.3. The minimum atomic E-state index is -3.91. The number of rotatable bonds is 8. The number of nitrogens with zero attached hydrogens (tertiary/aromatic N) is 2. The van der Waals surface area contributed by atoms with E-state index >= 15 is 0 Å². The maximum absolute atomic E-state index is 13.3. The van der Waals surface area contributed by atoms with Crippen LogP contribution in [-0.2, 0) is 29.5 Å².